The molecule has 4 atom stereocenters. The molecule has 1 aliphatic carbocycles. The molecule has 0 aromatic rings. The fourth-order valence-electron chi connectivity index (χ4n) is 2.59. The highest BCUT2D eigenvalue weighted by molar-refractivity contribution is 5.10. The van der Waals surface area contributed by atoms with Gasteiger partial charge < -0.3 is 20.6 Å². The van der Waals surface area contributed by atoms with Crippen LogP contribution in [0.4, 0.5) is 0 Å². The Hall–Kier alpha value is -0.420. The summed E-state index contributed by atoms with van der Waals surface area (Å²) in [5.41, 5.74) is 0. The summed E-state index contributed by atoms with van der Waals surface area (Å²) in [6.07, 6.45) is 10.5. The van der Waals surface area contributed by atoms with E-state index in [0.717, 1.165) is 13.0 Å². The zero-order chi connectivity index (χ0) is 14.8. The minimum atomic E-state index is -1.09. The largest absolute Gasteiger partial charge is 0.388 e. The molecule has 4 heteroatoms. The predicted molar refractivity (Wildman–Crippen MR) is 81.6 cm³/mol. The maximum atomic E-state index is 9.81. The van der Waals surface area contributed by atoms with Crippen LogP contribution in [-0.2, 0) is 0 Å². The molecule has 0 unspecified atom stereocenters. The van der Waals surface area contributed by atoms with E-state index in [0.29, 0.717) is 0 Å². The second-order valence-electron chi connectivity index (χ2n) is 5.81. The standard InChI is InChI=1S/C16H31NO3/c1-2-3-4-5-6-7-8-9-12-17-13-10-11-14(18)16(20)15(13)19/h10-11,13-20H,2-9,12H2,1H3/t13-,14+,15+,16+/m1/s1. The average molecular weight is 285 g/mol. The Morgan fingerprint density at radius 1 is 0.800 bits per heavy atom. The maximum Gasteiger partial charge on any atom is 0.111 e. The highest BCUT2D eigenvalue weighted by Gasteiger charge is 2.32. The van der Waals surface area contributed by atoms with Gasteiger partial charge in [0.15, 0.2) is 0 Å². The number of unbranched alkanes of at least 4 members (excludes halogenated alkanes) is 7. The van der Waals surface area contributed by atoms with E-state index in [-0.39, 0.29) is 6.04 Å². The molecule has 0 heterocycles. The van der Waals surface area contributed by atoms with Crippen molar-refractivity contribution < 1.29 is 15.3 Å². The summed E-state index contributed by atoms with van der Waals surface area (Å²) >= 11 is 0. The number of hydrogen-bond acceptors (Lipinski definition) is 4. The maximum absolute atomic E-state index is 9.81. The van der Waals surface area contributed by atoms with Crippen LogP contribution < -0.4 is 5.32 Å². The number of aliphatic hydroxyl groups excluding tert-OH is 3. The second-order valence-corrected chi connectivity index (χ2v) is 5.81. The Morgan fingerprint density at radius 2 is 1.40 bits per heavy atom. The molecule has 0 aliphatic heterocycles. The van der Waals surface area contributed by atoms with Gasteiger partial charge in [-0.1, -0.05) is 64.0 Å². The molecule has 1 rings (SSSR count). The van der Waals surface area contributed by atoms with Gasteiger partial charge in [-0.2, -0.15) is 0 Å². The predicted octanol–water partition coefficient (Wildman–Crippen LogP) is 1.74. The molecular formula is C16H31NO3. The minimum Gasteiger partial charge on any atom is -0.388 e. The van der Waals surface area contributed by atoms with Crippen LogP contribution in [0.5, 0.6) is 0 Å². The van der Waals surface area contributed by atoms with E-state index in [1.54, 1.807) is 12.2 Å². The van der Waals surface area contributed by atoms with Crippen molar-refractivity contribution in [2.75, 3.05) is 6.54 Å². The van der Waals surface area contributed by atoms with E-state index in [1.807, 2.05) is 0 Å². The van der Waals surface area contributed by atoms with Gasteiger partial charge >= 0.3 is 0 Å². The lowest BCUT2D eigenvalue weighted by molar-refractivity contribution is -0.0564. The zero-order valence-corrected chi connectivity index (χ0v) is 12.7. The normalized spacial score (nSPS) is 29.8. The van der Waals surface area contributed by atoms with E-state index in [4.69, 9.17) is 0 Å². The third kappa shape index (κ3) is 6.35. The minimum absolute atomic E-state index is 0.252. The molecule has 0 saturated heterocycles. The molecule has 0 aromatic heterocycles. The van der Waals surface area contributed by atoms with E-state index in [2.05, 4.69) is 12.2 Å². The van der Waals surface area contributed by atoms with Gasteiger partial charge in [-0.15, -0.1) is 0 Å². The van der Waals surface area contributed by atoms with Crippen LogP contribution in [0, 0.1) is 0 Å². The van der Waals surface area contributed by atoms with Gasteiger partial charge in [0.1, 0.15) is 18.3 Å². The van der Waals surface area contributed by atoms with E-state index in [9.17, 15) is 15.3 Å². The van der Waals surface area contributed by atoms with Crippen LogP contribution in [0.2, 0.25) is 0 Å². The number of rotatable bonds is 10. The molecule has 118 valence electrons. The second kappa shape index (κ2) is 10.3. The first kappa shape index (κ1) is 17.6. The lowest BCUT2D eigenvalue weighted by atomic mass is 9.94. The van der Waals surface area contributed by atoms with Gasteiger partial charge in [-0.05, 0) is 13.0 Å². The SMILES string of the molecule is CCCCCCCCCCN[C@@H]1C=C[C@H](O)[C@H](O)[C@H]1O. The molecule has 0 radical (unpaired) electrons. The third-order valence-electron chi connectivity index (χ3n) is 3.99. The molecule has 20 heavy (non-hydrogen) atoms. The number of aliphatic hydroxyl groups is 3. The Kier molecular flexibility index (Phi) is 9.10. The van der Waals surface area contributed by atoms with Gasteiger partial charge in [0.05, 0.1) is 6.04 Å². The molecule has 0 spiro atoms. The smallest absolute Gasteiger partial charge is 0.111 e. The monoisotopic (exact) mass is 285 g/mol. The molecule has 0 bridgehead atoms. The fraction of sp³-hybridized carbons (Fsp3) is 0.875. The molecular weight excluding hydrogens is 254 g/mol. The first-order valence-corrected chi connectivity index (χ1v) is 8.12. The van der Waals surface area contributed by atoms with Gasteiger partial charge in [0.2, 0.25) is 0 Å². The summed E-state index contributed by atoms with van der Waals surface area (Å²) in [7, 11) is 0. The summed E-state index contributed by atoms with van der Waals surface area (Å²) in [6.45, 7) is 3.07. The van der Waals surface area contributed by atoms with Crippen molar-refractivity contribution in [3.05, 3.63) is 12.2 Å². The third-order valence-corrected chi connectivity index (χ3v) is 3.99. The Morgan fingerprint density at radius 3 is 2.05 bits per heavy atom. The Bertz CT molecular complexity index is 270. The van der Waals surface area contributed by atoms with Crippen molar-refractivity contribution in [2.45, 2.75) is 82.6 Å². The number of nitrogens with one attached hydrogen (secondary N) is 1. The van der Waals surface area contributed by atoms with Crippen molar-refractivity contribution in [3.63, 3.8) is 0 Å². The molecule has 4 nitrogen and oxygen atoms in total. The van der Waals surface area contributed by atoms with Crippen LogP contribution in [0.3, 0.4) is 0 Å². The highest BCUT2D eigenvalue weighted by atomic mass is 16.4. The summed E-state index contributed by atoms with van der Waals surface area (Å²) < 4.78 is 0. The van der Waals surface area contributed by atoms with Crippen LogP contribution in [0.15, 0.2) is 12.2 Å². The summed E-state index contributed by atoms with van der Waals surface area (Å²) in [6, 6.07) is -0.252. The van der Waals surface area contributed by atoms with E-state index >= 15 is 0 Å². The lowest BCUT2D eigenvalue weighted by Gasteiger charge is -2.31. The van der Waals surface area contributed by atoms with Crippen LogP contribution in [0.1, 0.15) is 58.3 Å². The van der Waals surface area contributed by atoms with Gasteiger partial charge in [-0.25, -0.2) is 0 Å². The summed E-state index contributed by atoms with van der Waals surface area (Å²) in [5.74, 6) is 0. The van der Waals surface area contributed by atoms with Crippen molar-refractivity contribution in [3.8, 4) is 0 Å². The Balaban J connectivity index is 2.00. The van der Waals surface area contributed by atoms with E-state index in [1.165, 1.54) is 44.9 Å². The summed E-state index contributed by atoms with van der Waals surface area (Å²) in [4.78, 5) is 0. The van der Waals surface area contributed by atoms with Crippen LogP contribution in [0.25, 0.3) is 0 Å². The van der Waals surface area contributed by atoms with Crippen LogP contribution >= 0.6 is 0 Å². The molecule has 0 fully saturated rings. The van der Waals surface area contributed by atoms with Crippen molar-refractivity contribution >= 4 is 0 Å². The zero-order valence-electron chi connectivity index (χ0n) is 12.7. The van der Waals surface area contributed by atoms with Crippen molar-refractivity contribution in [2.24, 2.45) is 0 Å². The Labute approximate surface area is 122 Å². The lowest BCUT2D eigenvalue weighted by Crippen LogP contribution is -2.52. The summed E-state index contributed by atoms with van der Waals surface area (Å²) in [5, 5.41) is 32.0. The van der Waals surface area contributed by atoms with Gasteiger partial charge in [0, 0.05) is 0 Å². The quantitative estimate of drug-likeness (QED) is 0.364. The van der Waals surface area contributed by atoms with Crippen molar-refractivity contribution in [1.82, 2.24) is 5.32 Å². The van der Waals surface area contributed by atoms with Gasteiger partial charge in [0.25, 0.3) is 0 Å². The van der Waals surface area contributed by atoms with Gasteiger partial charge in [-0.3, -0.25) is 0 Å². The first-order chi connectivity index (χ1) is 9.66. The molecule has 4 N–H and O–H groups in total. The fourth-order valence-corrected chi connectivity index (χ4v) is 2.59. The van der Waals surface area contributed by atoms with Crippen LogP contribution in [-0.4, -0.2) is 46.2 Å². The number of hydrogen-bond donors (Lipinski definition) is 4. The molecule has 0 saturated carbocycles. The first-order valence-electron chi connectivity index (χ1n) is 8.12. The highest BCUT2D eigenvalue weighted by Crippen LogP contribution is 2.14. The molecule has 1 aliphatic rings. The topological polar surface area (TPSA) is 72.7 Å². The molecule has 0 amide bonds. The van der Waals surface area contributed by atoms with E-state index < -0.39 is 18.3 Å². The van der Waals surface area contributed by atoms with Crippen molar-refractivity contribution in [1.29, 1.82) is 0 Å². The average Bonchev–Trinajstić information content (AvgIpc) is 2.45. The molecule has 0 aromatic carbocycles.